The van der Waals surface area contributed by atoms with Gasteiger partial charge in [-0.25, -0.2) is 0 Å². The summed E-state index contributed by atoms with van der Waals surface area (Å²) in [4.78, 5) is 19.6. The molecule has 4 rings (SSSR count). The van der Waals surface area contributed by atoms with Crippen molar-refractivity contribution in [2.45, 2.75) is 19.8 Å². The summed E-state index contributed by atoms with van der Waals surface area (Å²) in [5.41, 5.74) is 2.70. The standard InChI is InChI=1S/C21H20N4O3/c1-14-18(15-7-5-11-22-13-15)19-23-20(26)17(21(27)25(19)24-14)10-6-12-28-16-8-3-2-4-9-16/h2-5,7-9,11,13,27H,6,10,12H2,1H3,(H,23,26). The Morgan fingerprint density at radius 2 is 2.00 bits per heavy atom. The number of nitrogens with one attached hydrogen (secondary N) is 1. The molecule has 1 aromatic carbocycles. The van der Waals surface area contributed by atoms with Gasteiger partial charge in [-0.3, -0.25) is 9.78 Å². The van der Waals surface area contributed by atoms with E-state index in [1.165, 1.54) is 4.52 Å². The van der Waals surface area contributed by atoms with Crippen LogP contribution in [0.2, 0.25) is 0 Å². The average Bonchev–Trinajstić information content (AvgIpc) is 3.04. The minimum atomic E-state index is -0.324. The Bertz CT molecular complexity index is 1150. The number of aromatic amines is 1. The van der Waals surface area contributed by atoms with Gasteiger partial charge in [0.15, 0.2) is 0 Å². The van der Waals surface area contributed by atoms with E-state index in [0.29, 0.717) is 36.4 Å². The monoisotopic (exact) mass is 376 g/mol. The SMILES string of the molecule is Cc1nn2c(O)c(CCCOc3ccccc3)c(=O)[nH]c2c1-c1cccnc1. The molecule has 0 amide bonds. The van der Waals surface area contributed by atoms with Crippen molar-refractivity contribution < 1.29 is 9.84 Å². The van der Waals surface area contributed by atoms with E-state index in [4.69, 9.17) is 4.74 Å². The van der Waals surface area contributed by atoms with Crippen LogP contribution < -0.4 is 10.3 Å². The number of benzene rings is 1. The zero-order valence-electron chi connectivity index (χ0n) is 15.4. The van der Waals surface area contributed by atoms with Gasteiger partial charge in [0.05, 0.1) is 17.9 Å². The van der Waals surface area contributed by atoms with Crippen molar-refractivity contribution in [1.29, 1.82) is 0 Å². The van der Waals surface area contributed by atoms with Gasteiger partial charge in [0.2, 0.25) is 5.88 Å². The number of para-hydroxylation sites is 1. The predicted molar refractivity (Wildman–Crippen MR) is 106 cm³/mol. The van der Waals surface area contributed by atoms with Crippen LogP contribution in [-0.2, 0) is 6.42 Å². The van der Waals surface area contributed by atoms with Crippen LogP contribution in [0.4, 0.5) is 0 Å². The second-order valence-corrected chi connectivity index (χ2v) is 6.48. The van der Waals surface area contributed by atoms with E-state index in [9.17, 15) is 9.90 Å². The zero-order chi connectivity index (χ0) is 19.5. The molecule has 142 valence electrons. The van der Waals surface area contributed by atoms with Gasteiger partial charge < -0.3 is 14.8 Å². The summed E-state index contributed by atoms with van der Waals surface area (Å²) in [6.45, 7) is 2.28. The van der Waals surface area contributed by atoms with Gasteiger partial charge in [-0.05, 0) is 38.0 Å². The van der Waals surface area contributed by atoms with E-state index in [1.807, 2.05) is 49.4 Å². The first-order valence-electron chi connectivity index (χ1n) is 9.07. The highest BCUT2D eigenvalue weighted by Gasteiger charge is 2.19. The van der Waals surface area contributed by atoms with Crippen molar-refractivity contribution in [3.05, 3.63) is 76.5 Å². The molecule has 0 fully saturated rings. The van der Waals surface area contributed by atoms with Crippen LogP contribution in [0.1, 0.15) is 17.7 Å². The van der Waals surface area contributed by atoms with Gasteiger partial charge in [0.1, 0.15) is 11.4 Å². The first-order valence-corrected chi connectivity index (χ1v) is 9.07. The minimum Gasteiger partial charge on any atom is -0.494 e. The quantitative estimate of drug-likeness (QED) is 0.505. The molecule has 0 saturated carbocycles. The molecule has 2 N–H and O–H groups in total. The van der Waals surface area contributed by atoms with Gasteiger partial charge in [-0.15, -0.1) is 0 Å². The average molecular weight is 376 g/mol. The molecule has 0 saturated heterocycles. The van der Waals surface area contributed by atoms with Crippen LogP contribution in [-0.4, -0.2) is 31.3 Å². The first kappa shape index (κ1) is 17.8. The highest BCUT2D eigenvalue weighted by atomic mass is 16.5. The molecule has 0 bridgehead atoms. The lowest BCUT2D eigenvalue weighted by atomic mass is 10.1. The maximum atomic E-state index is 12.6. The molecular formula is C21H20N4O3. The lowest BCUT2D eigenvalue weighted by molar-refractivity contribution is 0.309. The van der Waals surface area contributed by atoms with Crippen LogP contribution in [0.3, 0.4) is 0 Å². The number of H-pyrrole nitrogens is 1. The van der Waals surface area contributed by atoms with Crippen LogP contribution in [0.25, 0.3) is 16.8 Å². The van der Waals surface area contributed by atoms with Crippen molar-refractivity contribution in [3.63, 3.8) is 0 Å². The fourth-order valence-corrected chi connectivity index (χ4v) is 3.25. The summed E-state index contributed by atoms with van der Waals surface area (Å²) in [5.74, 6) is 0.636. The number of rotatable bonds is 6. The molecular weight excluding hydrogens is 356 g/mol. The molecule has 0 aliphatic rings. The Morgan fingerprint density at radius 1 is 1.18 bits per heavy atom. The van der Waals surface area contributed by atoms with Crippen molar-refractivity contribution in [3.8, 4) is 22.8 Å². The summed E-state index contributed by atoms with van der Waals surface area (Å²) < 4.78 is 7.03. The number of aromatic hydroxyl groups is 1. The van der Waals surface area contributed by atoms with Gasteiger partial charge in [-0.2, -0.15) is 9.61 Å². The Labute approximate surface area is 161 Å². The van der Waals surface area contributed by atoms with Crippen LogP contribution in [0.5, 0.6) is 11.6 Å². The van der Waals surface area contributed by atoms with E-state index >= 15 is 0 Å². The second-order valence-electron chi connectivity index (χ2n) is 6.48. The molecule has 0 aliphatic carbocycles. The van der Waals surface area contributed by atoms with E-state index < -0.39 is 0 Å². The van der Waals surface area contributed by atoms with E-state index in [1.54, 1.807) is 12.4 Å². The van der Waals surface area contributed by atoms with Gasteiger partial charge >= 0.3 is 0 Å². The molecule has 7 heteroatoms. The highest BCUT2D eigenvalue weighted by Crippen LogP contribution is 2.28. The van der Waals surface area contributed by atoms with Crippen LogP contribution in [0, 0.1) is 6.92 Å². The van der Waals surface area contributed by atoms with Gasteiger partial charge in [0, 0.05) is 23.5 Å². The molecule has 28 heavy (non-hydrogen) atoms. The molecule has 7 nitrogen and oxygen atoms in total. The molecule has 0 spiro atoms. The molecule has 3 aromatic heterocycles. The number of hydrogen-bond acceptors (Lipinski definition) is 5. The Balaban J connectivity index is 1.59. The third-order valence-electron chi connectivity index (χ3n) is 4.57. The Kier molecular flexibility index (Phi) is 4.80. The Morgan fingerprint density at radius 3 is 2.75 bits per heavy atom. The molecule has 0 atom stereocenters. The lowest BCUT2D eigenvalue weighted by Crippen LogP contribution is -2.17. The maximum Gasteiger partial charge on any atom is 0.258 e. The normalized spacial score (nSPS) is 11.0. The summed E-state index contributed by atoms with van der Waals surface area (Å²) >= 11 is 0. The number of hydrogen-bond donors (Lipinski definition) is 2. The topological polar surface area (TPSA) is 92.5 Å². The molecule has 0 radical (unpaired) electrons. The number of aromatic nitrogens is 4. The fourth-order valence-electron chi connectivity index (χ4n) is 3.25. The van der Waals surface area contributed by atoms with Gasteiger partial charge in [0.25, 0.3) is 5.56 Å². The number of ether oxygens (including phenoxy) is 1. The van der Waals surface area contributed by atoms with E-state index in [-0.39, 0.29) is 11.4 Å². The van der Waals surface area contributed by atoms with Crippen molar-refractivity contribution >= 4 is 5.65 Å². The summed E-state index contributed by atoms with van der Waals surface area (Å²) in [5, 5.41) is 15.1. The zero-order valence-corrected chi connectivity index (χ0v) is 15.4. The van der Waals surface area contributed by atoms with E-state index in [0.717, 1.165) is 16.9 Å². The van der Waals surface area contributed by atoms with Gasteiger partial charge in [-0.1, -0.05) is 24.3 Å². The first-order chi connectivity index (χ1) is 13.6. The largest absolute Gasteiger partial charge is 0.494 e. The fraction of sp³-hybridized carbons (Fsp3) is 0.190. The third kappa shape index (κ3) is 3.34. The van der Waals surface area contributed by atoms with Crippen LogP contribution in [0.15, 0.2) is 59.7 Å². The summed E-state index contributed by atoms with van der Waals surface area (Å²) in [6.07, 6.45) is 4.35. The predicted octanol–water partition coefficient (Wildman–Crippen LogP) is 3.11. The molecule has 0 unspecified atom stereocenters. The highest BCUT2D eigenvalue weighted by molar-refractivity contribution is 5.79. The summed E-state index contributed by atoms with van der Waals surface area (Å²) in [6, 6.07) is 13.2. The smallest absolute Gasteiger partial charge is 0.258 e. The number of nitrogens with zero attached hydrogens (tertiary/aromatic N) is 3. The third-order valence-corrected chi connectivity index (χ3v) is 4.57. The van der Waals surface area contributed by atoms with Crippen molar-refractivity contribution in [1.82, 2.24) is 19.6 Å². The maximum absolute atomic E-state index is 12.6. The van der Waals surface area contributed by atoms with Crippen molar-refractivity contribution in [2.24, 2.45) is 0 Å². The number of pyridine rings is 1. The number of fused-ring (bicyclic) bond motifs is 1. The van der Waals surface area contributed by atoms with Crippen LogP contribution >= 0.6 is 0 Å². The minimum absolute atomic E-state index is 0.142. The Hall–Kier alpha value is -3.61. The summed E-state index contributed by atoms with van der Waals surface area (Å²) in [7, 11) is 0. The molecule has 3 heterocycles. The molecule has 0 aliphatic heterocycles. The number of aryl methyl sites for hydroxylation is 1. The lowest BCUT2D eigenvalue weighted by Gasteiger charge is -2.08. The second kappa shape index (κ2) is 7.56. The molecule has 4 aromatic rings. The van der Waals surface area contributed by atoms with E-state index in [2.05, 4.69) is 15.1 Å². The van der Waals surface area contributed by atoms with Crippen molar-refractivity contribution in [2.75, 3.05) is 6.61 Å².